The molecule has 0 bridgehead atoms. The molecular weight excluding hydrogens is 286 g/mol. The highest BCUT2D eigenvalue weighted by molar-refractivity contribution is 7.13. The van der Waals surface area contributed by atoms with E-state index in [0.717, 1.165) is 28.4 Å². The number of carbonyl (C=O) groups is 1. The van der Waals surface area contributed by atoms with Crippen LogP contribution in [0.3, 0.4) is 0 Å². The van der Waals surface area contributed by atoms with Crippen LogP contribution in [0.2, 0.25) is 0 Å². The molecule has 1 aromatic carbocycles. The summed E-state index contributed by atoms with van der Waals surface area (Å²) in [6.45, 7) is 0.586. The third-order valence-corrected chi connectivity index (χ3v) is 3.89. The lowest BCUT2D eigenvalue weighted by atomic mass is 10.2. The number of amides is 2. The van der Waals surface area contributed by atoms with Gasteiger partial charge in [-0.05, 0) is 24.3 Å². The summed E-state index contributed by atoms with van der Waals surface area (Å²) < 4.78 is 5.14. The van der Waals surface area contributed by atoms with Crippen molar-refractivity contribution in [3.05, 3.63) is 35.3 Å². The number of methoxy groups -OCH3 is 1. The summed E-state index contributed by atoms with van der Waals surface area (Å²) in [4.78, 5) is 17.5. The van der Waals surface area contributed by atoms with E-state index < -0.39 is 0 Å². The maximum absolute atomic E-state index is 11.4. The van der Waals surface area contributed by atoms with Gasteiger partial charge in [0.25, 0.3) is 0 Å². The van der Waals surface area contributed by atoms with Crippen LogP contribution in [0, 0.1) is 0 Å². The molecule has 2 rings (SSSR count). The van der Waals surface area contributed by atoms with Gasteiger partial charge >= 0.3 is 6.03 Å². The highest BCUT2D eigenvalue weighted by atomic mass is 32.1. The summed E-state index contributed by atoms with van der Waals surface area (Å²) in [7, 11) is 5.10. The van der Waals surface area contributed by atoms with Crippen LogP contribution in [0.1, 0.15) is 5.69 Å². The van der Waals surface area contributed by atoms with Gasteiger partial charge in [0.05, 0.1) is 12.8 Å². The van der Waals surface area contributed by atoms with E-state index in [4.69, 9.17) is 4.74 Å². The van der Waals surface area contributed by atoms with E-state index in [-0.39, 0.29) is 6.03 Å². The van der Waals surface area contributed by atoms with Crippen LogP contribution in [0.15, 0.2) is 29.6 Å². The molecule has 0 spiro atoms. The average Bonchev–Trinajstić information content (AvgIpc) is 2.96. The predicted octanol–water partition coefficient (Wildman–Crippen LogP) is 2.63. The molecule has 1 heterocycles. The number of benzene rings is 1. The van der Waals surface area contributed by atoms with Crippen molar-refractivity contribution in [2.75, 3.05) is 27.7 Å². The number of hydrogen-bond donors (Lipinski definition) is 1. The van der Waals surface area contributed by atoms with E-state index in [0.29, 0.717) is 6.54 Å². The van der Waals surface area contributed by atoms with Crippen LogP contribution in [0.4, 0.5) is 4.79 Å². The Labute approximate surface area is 128 Å². The fourth-order valence-electron chi connectivity index (χ4n) is 1.74. The maximum atomic E-state index is 11.4. The molecule has 1 N–H and O–H groups in total. The molecule has 6 heteroatoms. The fourth-order valence-corrected chi connectivity index (χ4v) is 2.60. The zero-order valence-electron chi connectivity index (χ0n) is 12.4. The number of hydrogen-bond acceptors (Lipinski definition) is 4. The third-order valence-electron chi connectivity index (χ3n) is 2.95. The lowest BCUT2D eigenvalue weighted by Gasteiger charge is -2.10. The minimum atomic E-state index is -0.0828. The first-order valence-corrected chi connectivity index (χ1v) is 7.52. The molecule has 0 unspecified atom stereocenters. The second-order valence-corrected chi connectivity index (χ2v) is 5.61. The van der Waals surface area contributed by atoms with Gasteiger partial charge in [-0.3, -0.25) is 0 Å². The predicted molar refractivity (Wildman–Crippen MR) is 84.9 cm³/mol. The standard InChI is InChI=1S/C15H19N3O2S/c1-18(2)15(19)16-9-8-12-10-21-14(17-12)11-4-6-13(20-3)7-5-11/h4-7,10H,8-9H2,1-3H3,(H,16,19). The molecule has 0 aliphatic heterocycles. The van der Waals surface area contributed by atoms with Gasteiger partial charge in [0.2, 0.25) is 0 Å². The molecule has 0 fully saturated rings. The lowest BCUT2D eigenvalue weighted by Crippen LogP contribution is -2.35. The highest BCUT2D eigenvalue weighted by Gasteiger charge is 2.06. The van der Waals surface area contributed by atoms with E-state index in [1.807, 2.05) is 29.6 Å². The normalized spacial score (nSPS) is 10.2. The molecule has 112 valence electrons. The van der Waals surface area contributed by atoms with Gasteiger partial charge in [0.1, 0.15) is 10.8 Å². The second kappa shape index (κ2) is 7.08. The maximum Gasteiger partial charge on any atom is 0.316 e. The van der Waals surface area contributed by atoms with Crippen LogP contribution in [0.5, 0.6) is 5.75 Å². The Balaban J connectivity index is 1.93. The topological polar surface area (TPSA) is 54.5 Å². The number of carbonyl (C=O) groups excluding carboxylic acids is 1. The van der Waals surface area contributed by atoms with Crippen molar-refractivity contribution in [3.8, 4) is 16.3 Å². The fraction of sp³-hybridized carbons (Fsp3) is 0.333. The van der Waals surface area contributed by atoms with Gasteiger partial charge < -0.3 is 15.0 Å². The van der Waals surface area contributed by atoms with Crippen LogP contribution >= 0.6 is 11.3 Å². The van der Waals surface area contributed by atoms with Crippen LogP contribution in [-0.4, -0.2) is 43.7 Å². The Morgan fingerprint density at radius 3 is 2.67 bits per heavy atom. The molecule has 0 atom stereocenters. The van der Waals surface area contributed by atoms with Crippen molar-refractivity contribution in [2.24, 2.45) is 0 Å². The summed E-state index contributed by atoms with van der Waals surface area (Å²) >= 11 is 1.61. The molecule has 1 aromatic heterocycles. The first-order chi connectivity index (χ1) is 10.1. The Morgan fingerprint density at radius 1 is 1.33 bits per heavy atom. The summed E-state index contributed by atoms with van der Waals surface area (Å²) in [5.74, 6) is 0.835. The molecule has 0 radical (unpaired) electrons. The Kier molecular flexibility index (Phi) is 5.16. The van der Waals surface area contributed by atoms with Gasteiger partial charge in [-0.25, -0.2) is 9.78 Å². The Bertz CT molecular complexity index is 593. The largest absolute Gasteiger partial charge is 0.497 e. The van der Waals surface area contributed by atoms with Crippen LogP contribution in [-0.2, 0) is 6.42 Å². The molecule has 5 nitrogen and oxygen atoms in total. The smallest absolute Gasteiger partial charge is 0.316 e. The van der Waals surface area contributed by atoms with Gasteiger partial charge in [0.15, 0.2) is 0 Å². The lowest BCUT2D eigenvalue weighted by molar-refractivity contribution is 0.217. The van der Waals surface area contributed by atoms with E-state index in [1.165, 1.54) is 4.90 Å². The minimum absolute atomic E-state index is 0.0828. The van der Waals surface area contributed by atoms with Crippen LogP contribution < -0.4 is 10.1 Å². The SMILES string of the molecule is COc1ccc(-c2nc(CCNC(=O)N(C)C)cs2)cc1. The summed E-state index contributed by atoms with van der Waals surface area (Å²) in [5, 5.41) is 5.84. The van der Waals surface area contributed by atoms with E-state index in [9.17, 15) is 4.79 Å². The molecule has 2 aromatic rings. The van der Waals surface area contributed by atoms with Crippen LogP contribution in [0.25, 0.3) is 10.6 Å². The van der Waals surface area contributed by atoms with Crippen molar-refractivity contribution in [2.45, 2.75) is 6.42 Å². The third kappa shape index (κ3) is 4.19. The zero-order valence-corrected chi connectivity index (χ0v) is 13.2. The first-order valence-electron chi connectivity index (χ1n) is 6.64. The highest BCUT2D eigenvalue weighted by Crippen LogP contribution is 2.25. The summed E-state index contributed by atoms with van der Waals surface area (Å²) in [6, 6.07) is 7.76. The number of nitrogens with one attached hydrogen (secondary N) is 1. The first kappa shape index (κ1) is 15.3. The van der Waals surface area contributed by atoms with Gasteiger partial charge in [0, 0.05) is 38.0 Å². The minimum Gasteiger partial charge on any atom is -0.497 e. The molecule has 21 heavy (non-hydrogen) atoms. The summed E-state index contributed by atoms with van der Waals surface area (Å²) in [6.07, 6.45) is 0.728. The number of urea groups is 1. The molecular formula is C15H19N3O2S. The molecule has 0 aliphatic carbocycles. The van der Waals surface area contributed by atoms with Gasteiger partial charge in [-0.2, -0.15) is 0 Å². The van der Waals surface area contributed by atoms with Crippen molar-refractivity contribution >= 4 is 17.4 Å². The summed E-state index contributed by atoms with van der Waals surface area (Å²) in [5.41, 5.74) is 2.06. The number of nitrogens with zero attached hydrogens (tertiary/aromatic N) is 2. The molecule has 0 saturated heterocycles. The van der Waals surface area contributed by atoms with Crippen molar-refractivity contribution in [1.82, 2.24) is 15.2 Å². The number of aromatic nitrogens is 1. The monoisotopic (exact) mass is 305 g/mol. The van der Waals surface area contributed by atoms with Gasteiger partial charge in [-0.1, -0.05) is 0 Å². The molecule has 0 aliphatic rings. The Morgan fingerprint density at radius 2 is 2.05 bits per heavy atom. The second-order valence-electron chi connectivity index (χ2n) is 4.75. The van der Waals surface area contributed by atoms with Crippen molar-refractivity contribution in [3.63, 3.8) is 0 Å². The van der Waals surface area contributed by atoms with E-state index >= 15 is 0 Å². The number of thiazole rings is 1. The van der Waals surface area contributed by atoms with Gasteiger partial charge in [-0.15, -0.1) is 11.3 Å². The van der Waals surface area contributed by atoms with E-state index in [2.05, 4.69) is 10.3 Å². The quantitative estimate of drug-likeness (QED) is 0.924. The number of ether oxygens (including phenoxy) is 1. The van der Waals surface area contributed by atoms with Crippen molar-refractivity contribution in [1.29, 1.82) is 0 Å². The van der Waals surface area contributed by atoms with E-state index in [1.54, 1.807) is 32.5 Å². The zero-order chi connectivity index (χ0) is 15.2. The molecule has 0 saturated carbocycles. The molecule has 2 amide bonds. The van der Waals surface area contributed by atoms with Crippen molar-refractivity contribution < 1.29 is 9.53 Å². The Hall–Kier alpha value is -2.08. The average molecular weight is 305 g/mol. The number of rotatable bonds is 5.